The van der Waals surface area contributed by atoms with E-state index < -0.39 is 19.8 Å². The van der Waals surface area contributed by atoms with Crippen molar-refractivity contribution in [3.05, 3.63) is 0 Å². The fraction of sp³-hybridized carbons (Fsp3) is 0.833. The molecule has 0 rings (SSSR count). The number of halogens is 1. The molecule has 0 saturated carbocycles. The van der Waals surface area contributed by atoms with Crippen LogP contribution in [-0.4, -0.2) is 38.3 Å². The topological polar surface area (TPSA) is 167 Å². The quantitative estimate of drug-likeness (QED) is 0.276. The largest absolute Gasteiger partial charge is 0.480 e. The molecular weight excluding hydrogens is 263 g/mol. The molecule has 0 aliphatic carbocycles. The minimum atomic E-state index is -4.64. The predicted molar refractivity (Wildman–Crippen MR) is 60.0 cm³/mol. The van der Waals surface area contributed by atoms with Crippen LogP contribution in [0, 0.1) is 0 Å². The second-order valence-electron chi connectivity index (χ2n) is 2.74. The maximum atomic E-state index is 10.1. The van der Waals surface area contributed by atoms with Crippen LogP contribution in [0.5, 0.6) is 0 Å². The fourth-order valence-electron chi connectivity index (χ4n) is 0.632. The number of carbonyl (C=O) groups is 1. The van der Waals surface area contributed by atoms with Crippen molar-refractivity contribution in [2.75, 3.05) is 6.54 Å². The van der Waals surface area contributed by atoms with Crippen LogP contribution < -0.4 is 11.5 Å². The molecule has 0 aliphatic heterocycles. The lowest BCUT2D eigenvalue weighted by atomic mass is 10.1. The first-order chi connectivity index (χ1) is 6.68. The number of aliphatic carboxylic acids is 1. The van der Waals surface area contributed by atoms with Gasteiger partial charge in [0.15, 0.2) is 0 Å². The van der Waals surface area contributed by atoms with E-state index in [1.165, 1.54) is 0 Å². The Kier molecular flexibility index (Phi) is 14.9. The Balaban J connectivity index is -0.000000242. The van der Waals surface area contributed by atoms with Crippen LogP contribution in [0.4, 0.5) is 0 Å². The van der Waals surface area contributed by atoms with Gasteiger partial charge in [0.1, 0.15) is 6.04 Å². The van der Waals surface area contributed by atoms with Crippen molar-refractivity contribution in [1.29, 1.82) is 0 Å². The van der Waals surface area contributed by atoms with E-state index in [0.29, 0.717) is 13.0 Å². The zero-order valence-corrected chi connectivity index (χ0v) is 10.2. The summed E-state index contributed by atoms with van der Waals surface area (Å²) in [5, 5.41) is 8.33. The summed E-state index contributed by atoms with van der Waals surface area (Å²) in [6, 6.07) is -0.716. The van der Waals surface area contributed by atoms with Crippen LogP contribution in [0.15, 0.2) is 0 Å². The third-order valence-corrected chi connectivity index (χ3v) is 1.29. The molecule has 0 heterocycles. The number of unbranched alkanes of at least 4 members (excludes halogenated alkanes) is 1. The molecular formula is C6H18ClN2O6P. The zero-order chi connectivity index (χ0) is 12.5. The highest BCUT2D eigenvalue weighted by Crippen LogP contribution is 2.25. The van der Waals surface area contributed by atoms with E-state index in [1.807, 2.05) is 0 Å². The molecule has 0 aliphatic rings. The monoisotopic (exact) mass is 280 g/mol. The van der Waals surface area contributed by atoms with Gasteiger partial charge in [-0.05, 0) is 19.4 Å². The summed E-state index contributed by atoms with van der Waals surface area (Å²) in [5.41, 5.74) is 10.4. The molecule has 16 heavy (non-hydrogen) atoms. The van der Waals surface area contributed by atoms with Crippen molar-refractivity contribution in [1.82, 2.24) is 0 Å². The highest BCUT2D eigenvalue weighted by Gasteiger charge is 2.09. The van der Waals surface area contributed by atoms with Crippen LogP contribution in [0.3, 0.4) is 0 Å². The van der Waals surface area contributed by atoms with E-state index in [-0.39, 0.29) is 12.4 Å². The van der Waals surface area contributed by atoms with Gasteiger partial charge in [0.05, 0.1) is 0 Å². The molecule has 0 saturated heterocycles. The normalized spacial score (nSPS) is 11.8. The van der Waals surface area contributed by atoms with Gasteiger partial charge in [0.2, 0.25) is 0 Å². The van der Waals surface area contributed by atoms with Gasteiger partial charge in [0, 0.05) is 0 Å². The van der Waals surface area contributed by atoms with Gasteiger partial charge >= 0.3 is 13.8 Å². The average Bonchev–Trinajstić information content (AvgIpc) is 2.01. The number of phosphoric acid groups is 1. The van der Waals surface area contributed by atoms with E-state index in [1.54, 1.807) is 0 Å². The summed E-state index contributed by atoms with van der Waals surface area (Å²) >= 11 is 0. The van der Waals surface area contributed by atoms with Crippen molar-refractivity contribution in [3.63, 3.8) is 0 Å². The van der Waals surface area contributed by atoms with Gasteiger partial charge in [-0.3, -0.25) is 4.79 Å². The van der Waals surface area contributed by atoms with Gasteiger partial charge in [-0.1, -0.05) is 6.42 Å². The van der Waals surface area contributed by atoms with Crippen molar-refractivity contribution >= 4 is 26.2 Å². The number of carboxylic acid groups (broad SMARTS) is 1. The third kappa shape index (κ3) is 29.2. The minimum absolute atomic E-state index is 0. The molecule has 0 spiro atoms. The highest BCUT2D eigenvalue weighted by molar-refractivity contribution is 7.45. The van der Waals surface area contributed by atoms with E-state index in [4.69, 9.17) is 35.8 Å². The molecule has 100 valence electrons. The number of carboxylic acids is 1. The summed E-state index contributed by atoms with van der Waals surface area (Å²) < 4.78 is 8.88. The molecule has 8 N–H and O–H groups in total. The van der Waals surface area contributed by atoms with Gasteiger partial charge in [0.25, 0.3) is 0 Å². The molecule has 0 unspecified atom stereocenters. The zero-order valence-electron chi connectivity index (χ0n) is 8.52. The van der Waals surface area contributed by atoms with Crippen LogP contribution >= 0.6 is 20.2 Å². The summed E-state index contributed by atoms with van der Waals surface area (Å²) in [5.74, 6) is -0.933. The lowest BCUT2D eigenvalue weighted by molar-refractivity contribution is -0.138. The smallest absolute Gasteiger partial charge is 0.466 e. The van der Waals surface area contributed by atoms with Crippen LogP contribution in [0.1, 0.15) is 19.3 Å². The first-order valence-corrected chi connectivity index (χ1v) is 5.71. The molecule has 0 radical (unpaired) electrons. The third-order valence-electron chi connectivity index (χ3n) is 1.29. The molecule has 0 amide bonds. The maximum Gasteiger partial charge on any atom is 0.466 e. The number of hydrogen-bond donors (Lipinski definition) is 6. The minimum Gasteiger partial charge on any atom is -0.480 e. The summed E-state index contributed by atoms with van der Waals surface area (Å²) in [4.78, 5) is 31.7. The molecule has 0 aromatic rings. The summed E-state index contributed by atoms with van der Waals surface area (Å²) in [6.45, 7) is 0.604. The molecule has 10 heteroatoms. The highest BCUT2D eigenvalue weighted by atomic mass is 35.5. The van der Waals surface area contributed by atoms with Crippen LogP contribution in [0.2, 0.25) is 0 Å². The van der Waals surface area contributed by atoms with Gasteiger partial charge in [-0.25, -0.2) is 4.57 Å². The lowest BCUT2D eigenvalue weighted by Crippen LogP contribution is -2.29. The van der Waals surface area contributed by atoms with E-state index in [0.717, 1.165) is 12.8 Å². The molecule has 8 nitrogen and oxygen atoms in total. The molecule has 0 aromatic carbocycles. The Labute approximate surface area is 99.3 Å². The average molecular weight is 281 g/mol. The van der Waals surface area contributed by atoms with Crippen LogP contribution in [0.25, 0.3) is 0 Å². The maximum absolute atomic E-state index is 10.1. The van der Waals surface area contributed by atoms with E-state index >= 15 is 0 Å². The van der Waals surface area contributed by atoms with Gasteiger partial charge < -0.3 is 31.3 Å². The van der Waals surface area contributed by atoms with Crippen molar-refractivity contribution < 1.29 is 29.1 Å². The standard InChI is InChI=1S/C6H14N2O2.ClH.H3O4P/c7-4-2-1-3-5(8)6(9)10;;1-5(2,3)4/h5H,1-4,7-8H2,(H,9,10);1H;(H3,1,2,3,4)/t5-;;/m0../s1. The predicted octanol–water partition coefficient (Wildman–Crippen LogP) is -0.979. The molecule has 0 bridgehead atoms. The summed E-state index contributed by atoms with van der Waals surface area (Å²) in [7, 11) is -4.64. The molecule has 0 aromatic heterocycles. The van der Waals surface area contributed by atoms with E-state index in [9.17, 15) is 4.79 Å². The van der Waals surface area contributed by atoms with Crippen molar-refractivity contribution in [2.45, 2.75) is 25.3 Å². The number of rotatable bonds is 5. The first-order valence-electron chi connectivity index (χ1n) is 4.15. The SMILES string of the molecule is Cl.NCCCC[C@H](N)C(=O)O.O=P(O)(O)O. The Morgan fingerprint density at radius 1 is 1.25 bits per heavy atom. The number of hydrogen-bond acceptors (Lipinski definition) is 4. The fourth-order valence-corrected chi connectivity index (χ4v) is 0.632. The van der Waals surface area contributed by atoms with Gasteiger partial charge in [-0.2, -0.15) is 0 Å². The second kappa shape index (κ2) is 11.3. The Hall–Kier alpha value is -0.210. The van der Waals surface area contributed by atoms with Crippen molar-refractivity contribution in [3.8, 4) is 0 Å². The lowest BCUT2D eigenvalue weighted by Gasteiger charge is -2.03. The van der Waals surface area contributed by atoms with E-state index in [2.05, 4.69) is 0 Å². The first kappa shape index (κ1) is 21.1. The molecule has 1 atom stereocenters. The number of nitrogens with two attached hydrogens (primary N) is 2. The molecule has 0 fully saturated rings. The Morgan fingerprint density at radius 3 is 1.88 bits per heavy atom. The van der Waals surface area contributed by atoms with Gasteiger partial charge in [-0.15, -0.1) is 12.4 Å². The van der Waals surface area contributed by atoms with Crippen LogP contribution in [-0.2, 0) is 9.36 Å². The Morgan fingerprint density at radius 2 is 1.62 bits per heavy atom. The second-order valence-corrected chi connectivity index (χ2v) is 3.77. The Bertz CT molecular complexity index is 215. The van der Waals surface area contributed by atoms with Crippen molar-refractivity contribution in [2.24, 2.45) is 11.5 Å². The summed E-state index contributed by atoms with van der Waals surface area (Å²) in [6.07, 6.45) is 2.16.